The Morgan fingerprint density at radius 2 is 2.24 bits per heavy atom. The SMILES string of the molecule is CCCC[C@H](N)C(=O)NC1CCN(C2CC2)C1. The molecule has 1 saturated heterocycles. The number of carbonyl (C=O) groups is 1. The standard InChI is InChI=1S/C13H25N3O/c1-2-3-4-12(14)13(17)15-10-7-8-16(9-10)11-5-6-11/h10-12H,2-9,14H2,1H3,(H,15,17)/t10?,12-/m0/s1. The molecule has 17 heavy (non-hydrogen) atoms. The first kappa shape index (κ1) is 12.8. The fourth-order valence-corrected chi connectivity index (χ4v) is 2.54. The number of unbranched alkanes of at least 4 members (excludes halogenated alkanes) is 1. The lowest BCUT2D eigenvalue weighted by atomic mass is 10.1. The van der Waals surface area contributed by atoms with Crippen molar-refractivity contribution in [2.75, 3.05) is 13.1 Å². The van der Waals surface area contributed by atoms with Gasteiger partial charge in [-0.1, -0.05) is 19.8 Å². The summed E-state index contributed by atoms with van der Waals surface area (Å²) in [6.45, 7) is 4.28. The van der Waals surface area contributed by atoms with Crippen molar-refractivity contribution in [2.24, 2.45) is 5.73 Å². The summed E-state index contributed by atoms with van der Waals surface area (Å²) >= 11 is 0. The fourth-order valence-electron chi connectivity index (χ4n) is 2.54. The molecule has 1 aliphatic heterocycles. The maximum Gasteiger partial charge on any atom is 0.237 e. The summed E-state index contributed by atoms with van der Waals surface area (Å²) in [5, 5.41) is 3.09. The highest BCUT2D eigenvalue weighted by Gasteiger charge is 2.35. The second-order valence-electron chi connectivity index (χ2n) is 5.47. The molecule has 0 spiro atoms. The van der Waals surface area contributed by atoms with Gasteiger partial charge >= 0.3 is 0 Å². The van der Waals surface area contributed by atoms with Crippen molar-refractivity contribution in [1.29, 1.82) is 0 Å². The number of nitrogens with zero attached hydrogens (tertiary/aromatic N) is 1. The molecule has 1 heterocycles. The Kier molecular flexibility index (Phi) is 4.40. The van der Waals surface area contributed by atoms with E-state index < -0.39 is 0 Å². The van der Waals surface area contributed by atoms with E-state index in [4.69, 9.17) is 5.73 Å². The fraction of sp³-hybridized carbons (Fsp3) is 0.923. The summed E-state index contributed by atoms with van der Waals surface area (Å²) < 4.78 is 0. The van der Waals surface area contributed by atoms with Crippen LogP contribution in [0.4, 0.5) is 0 Å². The Morgan fingerprint density at radius 1 is 1.47 bits per heavy atom. The molecule has 4 heteroatoms. The monoisotopic (exact) mass is 239 g/mol. The van der Waals surface area contributed by atoms with E-state index in [0.717, 1.165) is 44.8 Å². The zero-order valence-electron chi connectivity index (χ0n) is 10.8. The zero-order chi connectivity index (χ0) is 12.3. The second-order valence-corrected chi connectivity index (χ2v) is 5.47. The molecule has 1 unspecified atom stereocenters. The lowest BCUT2D eigenvalue weighted by molar-refractivity contribution is -0.123. The third kappa shape index (κ3) is 3.68. The maximum absolute atomic E-state index is 11.8. The lowest BCUT2D eigenvalue weighted by Crippen LogP contribution is -2.46. The molecule has 0 aromatic rings. The molecule has 2 fully saturated rings. The number of amides is 1. The Balaban J connectivity index is 1.67. The minimum Gasteiger partial charge on any atom is -0.351 e. The van der Waals surface area contributed by atoms with E-state index in [1.165, 1.54) is 12.8 Å². The highest BCUT2D eigenvalue weighted by molar-refractivity contribution is 5.81. The number of hydrogen-bond donors (Lipinski definition) is 2. The van der Waals surface area contributed by atoms with Gasteiger partial charge in [-0.2, -0.15) is 0 Å². The summed E-state index contributed by atoms with van der Waals surface area (Å²) in [5.41, 5.74) is 5.86. The van der Waals surface area contributed by atoms with Crippen LogP contribution in [-0.2, 0) is 4.79 Å². The topological polar surface area (TPSA) is 58.4 Å². The Bertz CT molecular complexity index is 265. The average Bonchev–Trinajstić information content (AvgIpc) is 3.07. The first-order chi connectivity index (χ1) is 8.20. The van der Waals surface area contributed by atoms with Crippen molar-refractivity contribution in [3.8, 4) is 0 Å². The van der Waals surface area contributed by atoms with Gasteiger partial charge in [-0.15, -0.1) is 0 Å². The lowest BCUT2D eigenvalue weighted by Gasteiger charge is -2.18. The van der Waals surface area contributed by atoms with Crippen LogP contribution in [0.2, 0.25) is 0 Å². The normalized spacial score (nSPS) is 27.1. The Labute approximate surface area is 104 Å². The van der Waals surface area contributed by atoms with Crippen molar-refractivity contribution in [3.05, 3.63) is 0 Å². The van der Waals surface area contributed by atoms with Gasteiger partial charge in [0.25, 0.3) is 0 Å². The highest BCUT2D eigenvalue weighted by Crippen LogP contribution is 2.29. The number of carbonyl (C=O) groups excluding carboxylic acids is 1. The number of rotatable bonds is 6. The summed E-state index contributed by atoms with van der Waals surface area (Å²) in [5.74, 6) is 0.0427. The van der Waals surface area contributed by atoms with E-state index in [1.54, 1.807) is 0 Å². The van der Waals surface area contributed by atoms with Crippen LogP contribution in [0.5, 0.6) is 0 Å². The van der Waals surface area contributed by atoms with Gasteiger partial charge < -0.3 is 11.1 Å². The van der Waals surface area contributed by atoms with Gasteiger partial charge in [0.1, 0.15) is 0 Å². The quantitative estimate of drug-likeness (QED) is 0.722. The summed E-state index contributed by atoms with van der Waals surface area (Å²) in [6.07, 6.45) is 6.71. The van der Waals surface area contributed by atoms with Gasteiger partial charge in [0, 0.05) is 25.2 Å². The van der Waals surface area contributed by atoms with Crippen LogP contribution in [0, 0.1) is 0 Å². The van der Waals surface area contributed by atoms with Gasteiger partial charge in [-0.05, 0) is 25.7 Å². The molecule has 3 N–H and O–H groups in total. The first-order valence-corrected chi connectivity index (χ1v) is 7.00. The predicted molar refractivity (Wildman–Crippen MR) is 68.6 cm³/mol. The molecular weight excluding hydrogens is 214 g/mol. The van der Waals surface area contributed by atoms with Gasteiger partial charge in [-0.3, -0.25) is 9.69 Å². The van der Waals surface area contributed by atoms with Gasteiger partial charge in [0.2, 0.25) is 5.91 Å². The average molecular weight is 239 g/mol. The maximum atomic E-state index is 11.8. The van der Waals surface area contributed by atoms with E-state index in [9.17, 15) is 4.79 Å². The van der Waals surface area contributed by atoms with Crippen LogP contribution in [-0.4, -0.2) is 42.0 Å². The van der Waals surface area contributed by atoms with Crippen molar-refractivity contribution >= 4 is 5.91 Å². The van der Waals surface area contributed by atoms with E-state index in [1.807, 2.05) is 0 Å². The molecule has 2 atom stereocenters. The first-order valence-electron chi connectivity index (χ1n) is 7.00. The van der Waals surface area contributed by atoms with Crippen molar-refractivity contribution in [1.82, 2.24) is 10.2 Å². The second kappa shape index (κ2) is 5.83. The summed E-state index contributed by atoms with van der Waals surface area (Å²) in [6, 6.07) is 0.825. The molecule has 2 aliphatic rings. The molecule has 1 aliphatic carbocycles. The summed E-state index contributed by atoms with van der Waals surface area (Å²) in [7, 11) is 0. The molecule has 2 rings (SSSR count). The van der Waals surface area contributed by atoms with Crippen LogP contribution in [0.1, 0.15) is 45.4 Å². The number of likely N-dealkylation sites (tertiary alicyclic amines) is 1. The zero-order valence-corrected chi connectivity index (χ0v) is 10.8. The van der Waals surface area contributed by atoms with E-state index in [-0.39, 0.29) is 11.9 Å². The van der Waals surface area contributed by atoms with Gasteiger partial charge in [0.05, 0.1) is 6.04 Å². The number of hydrogen-bond acceptors (Lipinski definition) is 3. The number of nitrogens with one attached hydrogen (secondary N) is 1. The smallest absolute Gasteiger partial charge is 0.237 e. The van der Waals surface area contributed by atoms with Crippen molar-refractivity contribution in [2.45, 2.75) is 63.6 Å². The van der Waals surface area contributed by atoms with Crippen LogP contribution in [0.25, 0.3) is 0 Å². The predicted octanol–water partition coefficient (Wildman–Crippen LogP) is 0.857. The molecular formula is C13H25N3O. The number of nitrogens with two attached hydrogens (primary N) is 1. The van der Waals surface area contributed by atoms with E-state index in [0.29, 0.717) is 6.04 Å². The van der Waals surface area contributed by atoms with Crippen molar-refractivity contribution < 1.29 is 4.79 Å². The van der Waals surface area contributed by atoms with Crippen molar-refractivity contribution in [3.63, 3.8) is 0 Å². The Hall–Kier alpha value is -0.610. The minimum atomic E-state index is -0.315. The largest absolute Gasteiger partial charge is 0.351 e. The van der Waals surface area contributed by atoms with Gasteiger partial charge in [0.15, 0.2) is 0 Å². The molecule has 4 nitrogen and oxygen atoms in total. The third-order valence-electron chi connectivity index (χ3n) is 3.83. The Morgan fingerprint density at radius 3 is 2.88 bits per heavy atom. The van der Waals surface area contributed by atoms with E-state index >= 15 is 0 Å². The van der Waals surface area contributed by atoms with Crippen LogP contribution < -0.4 is 11.1 Å². The van der Waals surface area contributed by atoms with Crippen LogP contribution in [0.3, 0.4) is 0 Å². The van der Waals surface area contributed by atoms with Crippen LogP contribution >= 0.6 is 0 Å². The van der Waals surface area contributed by atoms with E-state index in [2.05, 4.69) is 17.1 Å². The third-order valence-corrected chi connectivity index (χ3v) is 3.83. The molecule has 98 valence electrons. The minimum absolute atomic E-state index is 0.0427. The highest BCUT2D eigenvalue weighted by atomic mass is 16.2. The van der Waals surface area contributed by atoms with Crippen LogP contribution in [0.15, 0.2) is 0 Å². The molecule has 0 bridgehead atoms. The van der Waals surface area contributed by atoms with Gasteiger partial charge in [-0.25, -0.2) is 0 Å². The summed E-state index contributed by atoms with van der Waals surface area (Å²) in [4.78, 5) is 14.3. The molecule has 0 aromatic heterocycles. The molecule has 0 radical (unpaired) electrons. The molecule has 1 amide bonds. The molecule has 1 saturated carbocycles. The molecule has 0 aromatic carbocycles.